The van der Waals surface area contributed by atoms with Crippen molar-refractivity contribution in [1.29, 1.82) is 0 Å². The molecule has 0 amide bonds. The third-order valence-corrected chi connectivity index (χ3v) is 10.4. The zero-order valence-electron chi connectivity index (χ0n) is 18.0. The van der Waals surface area contributed by atoms with Crippen LogP contribution in [0.25, 0.3) is 0 Å². The third-order valence-electron chi connectivity index (χ3n) is 4.70. The van der Waals surface area contributed by atoms with Crippen LogP contribution in [-0.2, 0) is 41.7 Å². The van der Waals surface area contributed by atoms with Gasteiger partial charge in [-0.15, -0.1) is 33.0 Å². The number of rotatable bonds is 11. The Kier molecular flexibility index (Phi) is 13.4. The number of thioether (sulfide) groups is 2. The molecular weight excluding hydrogens is 685 g/mol. The Morgan fingerprint density at radius 3 is 2.11 bits per heavy atom. The summed E-state index contributed by atoms with van der Waals surface area (Å²) in [7, 11) is -8.46. The number of sulfonamides is 1. The van der Waals surface area contributed by atoms with E-state index in [0.717, 1.165) is 15.4 Å². The van der Waals surface area contributed by atoms with Crippen LogP contribution in [0.4, 0.5) is 9.05 Å². The standard InChI is InChI=1S/C21H17BrCl2F2NO5PS3.Na.H/c22-18-6-13(4-5-14(18)10-33(28,31-25)32-26)11-34-16-2-1-3-17(8-16)35-12-15-7-21(36(27,29)30)20(24)9-19(15)23;;/h1-9H,10-12H2,(H2,27,29,30);;. The molecule has 0 atom stereocenters. The molecule has 3 aromatic carbocycles. The number of hydrogen-bond acceptors (Lipinski definition) is 7. The van der Waals surface area contributed by atoms with Gasteiger partial charge in [0.15, 0.2) is 0 Å². The van der Waals surface area contributed by atoms with E-state index in [1.807, 2.05) is 24.3 Å². The van der Waals surface area contributed by atoms with E-state index < -0.39 is 23.8 Å². The number of hydrogen-bond donors (Lipinski definition) is 1. The molecule has 0 heterocycles. The first-order chi connectivity index (χ1) is 16.9. The zero-order valence-corrected chi connectivity index (χ0v) is 24.4. The Morgan fingerprint density at radius 2 is 1.54 bits per heavy atom. The van der Waals surface area contributed by atoms with Crippen molar-refractivity contribution in [2.24, 2.45) is 5.14 Å². The summed E-state index contributed by atoms with van der Waals surface area (Å²) in [5.41, 5.74) is 1.86. The van der Waals surface area contributed by atoms with Gasteiger partial charge in [-0.3, -0.25) is 4.57 Å². The monoisotopic (exact) mass is 701 g/mol. The van der Waals surface area contributed by atoms with Gasteiger partial charge in [0.1, 0.15) is 4.90 Å². The van der Waals surface area contributed by atoms with Crippen molar-refractivity contribution in [2.75, 3.05) is 0 Å². The van der Waals surface area contributed by atoms with Crippen molar-refractivity contribution >= 4 is 110 Å². The fourth-order valence-corrected chi connectivity index (χ4v) is 7.96. The van der Waals surface area contributed by atoms with E-state index in [1.54, 1.807) is 30.0 Å². The Balaban J connectivity index is 0.00000481. The molecule has 3 rings (SSSR count). The second kappa shape index (κ2) is 14.8. The summed E-state index contributed by atoms with van der Waals surface area (Å²) in [6.07, 6.45) is -0.566. The minimum atomic E-state index is -4.48. The van der Waals surface area contributed by atoms with Crippen molar-refractivity contribution in [2.45, 2.75) is 32.4 Å². The molecule has 0 fully saturated rings. The van der Waals surface area contributed by atoms with Crippen LogP contribution < -0.4 is 5.14 Å². The second-order valence-corrected chi connectivity index (χ2v) is 14.4. The van der Waals surface area contributed by atoms with Crippen LogP contribution in [0.5, 0.6) is 0 Å². The fraction of sp³-hybridized carbons (Fsp3) is 0.143. The van der Waals surface area contributed by atoms with Gasteiger partial charge in [0, 0.05) is 30.8 Å². The predicted molar refractivity (Wildman–Crippen MR) is 150 cm³/mol. The van der Waals surface area contributed by atoms with Crippen molar-refractivity contribution in [1.82, 2.24) is 0 Å². The molecule has 3 aromatic rings. The first-order valence-electron chi connectivity index (χ1n) is 9.77. The van der Waals surface area contributed by atoms with Crippen LogP contribution in [-0.4, -0.2) is 38.0 Å². The summed E-state index contributed by atoms with van der Waals surface area (Å²) in [4.78, 5) is 1.74. The number of primary sulfonamides is 1. The van der Waals surface area contributed by atoms with Gasteiger partial charge in [-0.05, 0) is 62.1 Å². The molecule has 0 aromatic heterocycles. The van der Waals surface area contributed by atoms with Gasteiger partial charge in [0.05, 0.1) is 11.2 Å². The average molecular weight is 703 g/mol. The van der Waals surface area contributed by atoms with Gasteiger partial charge < -0.3 is 0 Å². The molecular formula is C21H18BrCl2F2NNaO5PS3. The van der Waals surface area contributed by atoms with Crippen LogP contribution in [0.3, 0.4) is 0 Å². The normalized spacial score (nSPS) is 11.8. The molecule has 0 bridgehead atoms. The maximum absolute atomic E-state index is 12.3. The van der Waals surface area contributed by atoms with Crippen LogP contribution in [0, 0.1) is 0 Å². The fourth-order valence-electron chi connectivity index (χ4n) is 2.96. The van der Waals surface area contributed by atoms with E-state index >= 15 is 0 Å². The van der Waals surface area contributed by atoms with E-state index in [-0.39, 0.29) is 39.5 Å². The molecule has 0 aliphatic heterocycles. The summed E-state index contributed by atoms with van der Waals surface area (Å²) in [6, 6.07) is 15.6. The predicted octanol–water partition coefficient (Wildman–Crippen LogP) is 7.83. The molecule has 37 heavy (non-hydrogen) atoms. The molecule has 0 radical (unpaired) electrons. The topological polar surface area (TPSA) is 95.7 Å². The van der Waals surface area contributed by atoms with Crippen molar-refractivity contribution in [3.63, 3.8) is 0 Å². The van der Waals surface area contributed by atoms with Crippen LogP contribution in [0.1, 0.15) is 16.7 Å². The summed E-state index contributed by atoms with van der Waals surface area (Å²) in [5.74, 6) is 0.987. The van der Waals surface area contributed by atoms with E-state index in [1.165, 1.54) is 23.9 Å². The average Bonchev–Trinajstić information content (AvgIpc) is 2.83. The Bertz CT molecular complexity index is 1420. The molecule has 16 heteroatoms. The molecule has 196 valence electrons. The summed E-state index contributed by atoms with van der Waals surface area (Å²) in [6.45, 7) is 0. The maximum atomic E-state index is 12.3. The molecule has 0 spiro atoms. The van der Waals surface area contributed by atoms with E-state index in [0.29, 0.717) is 32.1 Å². The number of benzene rings is 3. The van der Waals surface area contributed by atoms with Gasteiger partial charge in [0.25, 0.3) is 0 Å². The van der Waals surface area contributed by atoms with Gasteiger partial charge in [-0.1, -0.05) is 57.3 Å². The SMILES string of the molecule is NS(=O)(=O)c1cc(CSc2cccc(SCc3ccc(CP(=O)(OF)OF)c(Br)c3)c2)c(Cl)cc1Cl.[NaH]. The van der Waals surface area contributed by atoms with Gasteiger partial charge in [-0.25, -0.2) is 13.6 Å². The number of nitrogens with two attached hydrogens (primary N) is 1. The van der Waals surface area contributed by atoms with Gasteiger partial charge in [0.2, 0.25) is 10.0 Å². The third kappa shape index (κ3) is 9.74. The van der Waals surface area contributed by atoms with Crippen LogP contribution in [0.2, 0.25) is 10.0 Å². The van der Waals surface area contributed by atoms with E-state index in [2.05, 4.69) is 25.4 Å². The van der Waals surface area contributed by atoms with Gasteiger partial charge >= 0.3 is 37.2 Å². The van der Waals surface area contributed by atoms with Crippen LogP contribution >= 0.6 is 70.3 Å². The number of halogens is 5. The molecule has 0 unspecified atom stereocenters. The molecule has 2 N–H and O–H groups in total. The first kappa shape index (κ1) is 33.5. The Morgan fingerprint density at radius 1 is 0.919 bits per heavy atom. The Hall–Kier alpha value is 0.340. The minimum absolute atomic E-state index is 0. The Labute approximate surface area is 262 Å². The first-order valence-corrected chi connectivity index (χ1v) is 16.6. The summed E-state index contributed by atoms with van der Waals surface area (Å²) >= 11 is 18.5. The molecule has 0 saturated heterocycles. The summed E-state index contributed by atoms with van der Waals surface area (Å²) in [5, 5.41) is 5.53. The molecule has 6 nitrogen and oxygen atoms in total. The van der Waals surface area contributed by atoms with E-state index in [9.17, 15) is 22.0 Å². The molecule has 0 aliphatic rings. The van der Waals surface area contributed by atoms with E-state index in [4.69, 9.17) is 28.3 Å². The summed E-state index contributed by atoms with van der Waals surface area (Å²) < 4.78 is 66.7. The quantitative estimate of drug-likeness (QED) is 0.124. The van der Waals surface area contributed by atoms with Crippen LogP contribution in [0.15, 0.2) is 73.8 Å². The van der Waals surface area contributed by atoms with Crippen molar-refractivity contribution in [3.8, 4) is 0 Å². The zero-order chi connectivity index (χ0) is 26.5. The van der Waals surface area contributed by atoms with Gasteiger partial charge in [-0.2, -0.15) is 0 Å². The molecule has 0 saturated carbocycles. The van der Waals surface area contributed by atoms with Crippen molar-refractivity contribution < 1.29 is 31.5 Å². The molecule has 0 aliphatic carbocycles. The second-order valence-electron chi connectivity index (χ2n) is 7.30. The van der Waals surface area contributed by atoms with Crippen molar-refractivity contribution in [3.05, 3.63) is 85.8 Å².